The van der Waals surface area contributed by atoms with Crippen molar-refractivity contribution in [2.75, 3.05) is 13.2 Å². The van der Waals surface area contributed by atoms with Gasteiger partial charge in [-0.25, -0.2) is 0 Å². The van der Waals surface area contributed by atoms with E-state index in [0.29, 0.717) is 12.6 Å². The molecular formula is C8H17NO2. The van der Waals surface area contributed by atoms with Crippen molar-refractivity contribution in [3.8, 4) is 0 Å². The molecule has 11 heavy (non-hydrogen) atoms. The van der Waals surface area contributed by atoms with Gasteiger partial charge in [0.25, 0.3) is 0 Å². The molecule has 3 nitrogen and oxygen atoms in total. The fourth-order valence-corrected chi connectivity index (χ4v) is 1.19. The first-order valence-corrected chi connectivity index (χ1v) is 4.12. The van der Waals surface area contributed by atoms with Gasteiger partial charge in [-0.15, -0.1) is 0 Å². The average Bonchev–Trinajstić information content (AvgIpc) is 2.05. The minimum absolute atomic E-state index is 0.0508. The van der Waals surface area contributed by atoms with Gasteiger partial charge in [-0.2, -0.15) is 0 Å². The summed E-state index contributed by atoms with van der Waals surface area (Å²) >= 11 is 0. The molecule has 0 saturated heterocycles. The van der Waals surface area contributed by atoms with E-state index in [0.717, 1.165) is 19.3 Å². The summed E-state index contributed by atoms with van der Waals surface area (Å²) in [5.41, 5.74) is 0. The first-order valence-electron chi connectivity index (χ1n) is 4.12. The second kappa shape index (κ2) is 6.16. The highest BCUT2D eigenvalue weighted by atomic mass is 16.3. The molecule has 66 valence electrons. The van der Waals surface area contributed by atoms with Crippen LogP contribution in [0.15, 0.2) is 0 Å². The van der Waals surface area contributed by atoms with Crippen molar-refractivity contribution in [1.82, 2.24) is 4.90 Å². The number of nitrogens with zero attached hydrogens (tertiary/aromatic N) is 1. The molecule has 0 aromatic rings. The molecule has 0 aliphatic heterocycles. The number of amides is 1. The summed E-state index contributed by atoms with van der Waals surface area (Å²) in [7, 11) is 0. The quantitative estimate of drug-likeness (QED) is 0.577. The van der Waals surface area contributed by atoms with Gasteiger partial charge in [-0.3, -0.25) is 4.79 Å². The van der Waals surface area contributed by atoms with Gasteiger partial charge in [-0.05, 0) is 12.8 Å². The number of aliphatic hydroxyl groups excluding tert-OH is 1. The van der Waals surface area contributed by atoms with Crippen molar-refractivity contribution >= 4 is 6.41 Å². The zero-order valence-electron chi connectivity index (χ0n) is 7.29. The molecule has 0 aromatic carbocycles. The molecule has 0 aliphatic carbocycles. The molecule has 0 saturated carbocycles. The topological polar surface area (TPSA) is 40.5 Å². The van der Waals surface area contributed by atoms with E-state index in [2.05, 4.69) is 0 Å². The highest BCUT2D eigenvalue weighted by Crippen LogP contribution is 2.04. The smallest absolute Gasteiger partial charge is 0.210 e. The van der Waals surface area contributed by atoms with Crippen molar-refractivity contribution in [2.24, 2.45) is 0 Å². The van der Waals surface area contributed by atoms with Crippen LogP contribution < -0.4 is 0 Å². The lowest BCUT2D eigenvalue weighted by atomic mass is 10.1. The largest absolute Gasteiger partial charge is 0.395 e. The molecule has 0 bridgehead atoms. The fraction of sp³-hybridized carbons (Fsp3) is 0.875. The van der Waals surface area contributed by atoms with Crippen LogP contribution in [0.2, 0.25) is 0 Å². The first-order chi connectivity index (χ1) is 5.29. The SMILES string of the molecule is CCC(CC)N(C=O)CCO. The third kappa shape index (κ3) is 3.37. The van der Waals surface area contributed by atoms with Crippen LogP contribution in [0.5, 0.6) is 0 Å². The van der Waals surface area contributed by atoms with Crippen LogP contribution in [0.1, 0.15) is 26.7 Å². The Balaban J connectivity index is 3.86. The van der Waals surface area contributed by atoms with Gasteiger partial charge in [0.05, 0.1) is 6.61 Å². The summed E-state index contributed by atoms with van der Waals surface area (Å²) < 4.78 is 0. The van der Waals surface area contributed by atoms with E-state index in [1.165, 1.54) is 0 Å². The Morgan fingerprint density at radius 3 is 2.27 bits per heavy atom. The molecule has 3 heteroatoms. The molecule has 1 N–H and O–H groups in total. The minimum atomic E-state index is 0.0508. The predicted octanol–water partition coefficient (Wildman–Crippen LogP) is 0.626. The fourth-order valence-electron chi connectivity index (χ4n) is 1.19. The first kappa shape index (κ1) is 10.4. The van der Waals surface area contributed by atoms with Gasteiger partial charge in [0.2, 0.25) is 6.41 Å². The Labute approximate surface area is 68.0 Å². The van der Waals surface area contributed by atoms with Gasteiger partial charge in [-0.1, -0.05) is 13.8 Å². The maximum absolute atomic E-state index is 10.5. The molecular weight excluding hydrogens is 142 g/mol. The van der Waals surface area contributed by atoms with Gasteiger partial charge >= 0.3 is 0 Å². The van der Waals surface area contributed by atoms with Crippen molar-refractivity contribution < 1.29 is 9.90 Å². The number of carbonyl (C=O) groups is 1. The number of rotatable bonds is 6. The van der Waals surface area contributed by atoms with E-state index >= 15 is 0 Å². The lowest BCUT2D eigenvalue weighted by molar-refractivity contribution is -0.120. The zero-order valence-corrected chi connectivity index (χ0v) is 7.29. The monoisotopic (exact) mass is 159 g/mol. The van der Waals surface area contributed by atoms with Crippen LogP contribution in [0.25, 0.3) is 0 Å². The second-order valence-electron chi connectivity index (χ2n) is 2.54. The van der Waals surface area contributed by atoms with Gasteiger partial charge < -0.3 is 10.0 Å². The maximum atomic E-state index is 10.5. The molecule has 1 amide bonds. The Morgan fingerprint density at radius 2 is 2.00 bits per heavy atom. The number of hydrogen-bond donors (Lipinski definition) is 1. The lowest BCUT2D eigenvalue weighted by Crippen LogP contribution is -2.35. The molecule has 0 rings (SSSR count). The minimum Gasteiger partial charge on any atom is -0.395 e. The van der Waals surface area contributed by atoms with Crippen molar-refractivity contribution in [2.45, 2.75) is 32.7 Å². The number of carbonyl (C=O) groups excluding carboxylic acids is 1. The van der Waals surface area contributed by atoms with Crippen LogP contribution in [-0.2, 0) is 4.79 Å². The highest BCUT2D eigenvalue weighted by molar-refractivity contribution is 5.47. The number of hydrogen-bond acceptors (Lipinski definition) is 2. The maximum Gasteiger partial charge on any atom is 0.210 e. The molecule has 0 atom stereocenters. The molecule has 0 aliphatic rings. The zero-order chi connectivity index (χ0) is 8.69. The summed E-state index contributed by atoms with van der Waals surface area (Å²) in [5.74, 6) is 0. The van der Waals surface area contributed by atoms with Crippen molar-refractivity contribution in [3.63, 3.8) is 0 Å². The Hall–Kier alpha value is -0.570. The summed E-state index contributed by atoms with van der Waals surface area (Å²) in [4.78, 5) is 12.1. The van der Waals surface area contributed by atoms with Crippen molar-refractivity contribution in [3.05, 3.63) is 0 Å². The van der Waals surface area contributed by atoms with E-state index in [-0.39, 0.29) is 6.61 Å². The molecule has 0 heterocycles. The van der Waals surface area contributed by atoms with Crippen LogP contribution in [0, 0.1) is 0 Å². The predicted molar refractivity (Wildman–Crippen MR) is 44.2 cm³/mol. The summed E-state index contributed by atoms with van der Waals surface area (Å²) in [5, 5.41) is 8.61. The summed E-state index contributed by atoms with van der Waals surface area (Å²) in [6.07, 6.45) is 2.72. The molecule has 0 unspecified atom stereocenters. The Morgan fingerprint density at radius 1 is 1.45 bits per heavy atom. The lowest BCUT2D eigenvalue weighted by Gasteiger charge is -2.25. The van der Waals surface area contributed by atoms with Crippen LogP contribution >= 0.6 is 0 Å². The standard InChI is InChI=1S/C8H17NO2/c1-3-8(4-2)9(7-11)5-6-10/h7-8,10H,3-6H2,1-2H3. The third-order valence-electron chi connectivity index (χ3n) is 1.91. The number of aliphatic hydroxyl groups is 1. The molecule has 0 radical (unpaired) electrons. The van der Waals surface area contributed by atoms with E-state index in [1.807, 2.05) is 13.8 Å². The van der Waals surface area contributed by atoms with Crippen molar-refractivity contribution in [1.29, 1.82) is 0 Å². The molecule has 0 fully saturated rings. The van der Waals surface area contributed by atoms with Gasteiger partial charge in [0, 0.05) is 12.6 Å². The van der Waals surface area contributed by atoms with E-state index in [9.17, 15) is 4.79 Å². The second-order valence-corrected chi connectivity index (χ2v) is 2.54. The van der Waals surface area contributed by atoms with E-state index in [4.69, 9.17) is 5.11 Å². The Kier molecular flexibility index (Phi) is 5.84. The van der Waals surface area contributed by atoms with Gasteiger partial charge in [0.1, 0.15) is 0 Å². The van der Waals surface area contributed by atoms with Gasteiger partial charge in [0.15, 0.2) is 0 Å². The highest BCUT2D eigenvalue weighted by Gasteiger charge is 2.10. The Bertz CT molecular complexity index is 102. The van der Waals surface area contributed by atoms with E-state index < -0.39 is 0 Å². The summed E-state index contributed by atoms with van der Waals surface area (Å²) in [6.45, 7) is 4.59. The third-order valence-corrected chi connectivity index (χ3v) is 1.91. The summed E-state index contributed by atoms with van der Waals surface area (Å²) in [6, 6.07) is 0.291. The van der Waals surface area contributed by atoms with Crippen LogP contribution in [-0.4, -0.2) is 35.6 Å². The van der Waals surface area contributed by atoms with Crippen LogP contribution in [0.3, 0.4) is 0 Å². The average molecular weight is 159 g/mol. The molecule has 0 aromatic heterocycles. The molecule has 0 spiro atoms. The van der Waals surface area contributed by atoms with Crippen LogP contribution in [0.4, 0.5) is 0 Å². The normalized spacial score (nSPS) is 10.2. The van der Waals surface area contributed by atoms with E-state index in [1.54, 1.807) is 4.90 Å².